The fraction of sp³-hybridized carbons (Fsp3) is 0.188. The third-order valence-electron chi connectivity index (χ3n) is 6.86. The molecule has 41 heavy (non-hydrogen) atoms. The van der Waals surface area contributed by atoms with Crippen molar-refractivity contribution in [3.05, 3.63) is 126 Å². The molecule has 0 aliphatic carbocycles. The van der Waals surface area contributed by atoms with Crippen molar-refractivity contribution in [2.24, 2.45) is 0 Å². The van der Waals surface area contributed by atoms with Crippen molar-refractivity contribution in [3.63, 3.8) is 0 Å². The molecule has 0 saturated carbocycles. The van der Waals surface area contributed by atoms with E-state index in [4.69, 9.17) is 4.74 Å². The van der Waals surface area contributed by atoms with Gasteiger partial charge in [0, 0.05) is 13.1 Å². The van der Waals surface area contributed by atoms with E-state index in [-0.39, 0.29) is 23.9 Å². The quantitative estimate of drug-likeness (QED) is 0.311. The summed E-state index contributed by atoms with van der Waals surface area (Å²) in [6.45, 7) is -0.0111. The van der Waals surface area contributed by atoms with Crippen LogP contribution < -0.4 is 15.0 Å². The first-order valence-electron chi connectivity index (χ1n) is 13.4. The highest BCUT2D eigenvalue weighted by Gasteiger charge is 2.36. The summed E-state index contributed by atoms with van der Waals surface area (Å²) in [5, 5.41) is 2.88. The van der Waals surface area contributed by atoms with E-state index in [1.165, 1.54) is 21.3 Å². The van der Waals surface area contributed by atoms with E-state index in [9.17, 15) is 18.0 Å². The van der Waals surface area contributed by atoms with Crippen LogP contribution in [0, 0.1) is 0 Å². The molecule has 1 N–H and O–H groups in total. The summed E-state index contributed by atoms with van der Waals surface area (Å²) in [7, 11) is -3.98. The van der Waals surface area contributed by atoms with Crippen LogP contribution in [-0.2, 0) is 32.6 Å². The number of carbonyl (C=O) groups excluding carboxylic acids is 2. The molecular formula is C32H31N3O5S. The highest BCUT2D eigenvalue weighted by Crippen LogP contribution is 2.33. The minimum absolute atomic E-state index is 0.0472. The van der Waals surface area contributed by atoms with E-state index < -0.39 is 28.6 Å². The van der Waals surface area contributed by atoms with E-state index >= 15 is 0 Å². The Balaban J connectivity index is 1.37. The predicted molar refractivity (Wildman–Crippen MR) is 157 cm³/mol. The van der Waals surface area contributed by atoms with Gasteiger partial charge in [-0.3, -0.25) is 9.59 Å². The lowest BCUT2D eigenvalue weighted by Crippen LogP contribution is -2.53. The molecule has 0 fully saturated rings. The zero-order valence-electron chi connectivity index (χ0n) is 22.4. The van der Waals surface area contributed by atoms with E-state index in [1.807, 2.05) is 60.7 Å². The maximum Gasteiger partial charge on any atom is 0.263 e. The third-order valence-corrected chi connectivity index (χ3v) is 8.72. The van der Waals surface area contributed by atoms with Gasteiger partial charge in [0.2, 0.25) is 15.9 Å². The van der Waals surface area contributed by atoms with Gasteiger partial charge >= 0.3 is 0 Å². The van der Waals surface area contributed by atoms with Crippen LogP contribution in [0.3, 0.4) is 0 Å². The largest absolute Gasteiger partial charge is 0.477 e. The SMILES string of the molecule is O=C(NCc1ccccc1)[C@@H]1CN(C(=O)CN(CCc2ccccc2)S(=O)(=O)c2ccccc2)c2ccccc2O1. The van der Waals surface area contributed by atoms with Gasteiger partial charge in [0.1, 0.15) is 5.75 Å². The Morgan fingerprint density at radius 2 is 1.39 bits per heavy atom. The molecule has 0 spiro atoms. The number of ether oxygens (including phenoxy) is 1. The van der Waals surface area contributed by atoms with Gasteiger partial charge in [-0.2, -0.15) is 4.31 Å². The van der Waals surface area contributed by atoms with Crippen LogP contribution in [0.15, 0.2) is 120 Å². The molecule has 1 aliphatic rings. The second-order valence-electron chi connectivity index (χ2n) is 9.67. The Kier molecular flexibility index (Phi) is 8.76. The maximum atomic E-state index is 13.8. The van der Waals surface area contributed by atoms with Crippen molar-refractivity contribution in [1.29, 1.82) is 0 Å². The van der Waals surface area contributed by atoms with Crippen molar-refractivity contribution in [3.8, 4) is 5.75 Å². The number of nitrogens with zero attached hydrogens (tertiary/aromatic N) is 2. The molecule has 0 bridgehead atoms. The fourth-order valence-corrected chi connectivity index (χ4v) is 6.08. The number of sulfonamides is 1. The van der Waals surface area contributed by atoms with Crippen molar-refractivity contribution in [1.82, 2.24) is 9.62 Å². The molecule has 1 heterocycles. The molecule has 5 rings (SSSR count). The number of carbonyl (C=O) groups is 2. The van der Waals surface area contributed by atoms with E-state index in [0.29, 0.717) is 24.4 Å². The van der Waals surface area contributed by atoms with Crippen LogP contribution in [0.2, 0.25) is 0 Å². The summed E-state index contributed by atoms with van der Waals surface area (Å²) >= 11 is 0. The van der Waals surface area contributed by atoms with Crippen molar-refractivity contribution in [2.45, 2.75) is 24.0 Å². The van der Waals surface area contributed by atoms with Crippen molar-refractivity contribution in [2.75, 3.05) is 24.5 Å². The molecule has 0 radical (unpaired) electrons. The maximum absolute atomic E-state index is 13.8. The molecule has 0 saturated heterocycles. The zero-order chi connectivity index (χ0) is 28.7. The smallest absolute Gasteiger partial charge is 0.263 e. The molecule has 9 heteroatoms. The molecule has 2 amide bonds. The lowest BCUT2D eigenvalue weighted by molar-refractivity contribution is -0.128. The molecular weight excluding hydrogens is 538 g/mol. The minimum atomic E-state index is -3.98. The Labute approximate surface area is 240 Å². The number of amides is 2. The number of benzene rings is 4. The lowest BCUT2D eigenvalue weighted by Gasteiger charge is -2.35. The van der Waals surface area contributed by atoms with Gasteiger partial charge in [-0.15, -0.1) is 0 Å². The Morgan fingerprint density at radius 1 is 0.805 bits per heavy atom. The van der Waals surface area contributed by atoms with Crippen molar-refractivity contribution < 1.29 is 22.7 Å². The number of rotatable bonds is 10. The Bertz CT molecular complexity index is 1580. The van der Waals surface area contributed by atoms with Gasteiger partial charge in [-0.1, -0.05) is 91.0 Å². The molecule has 210 valence electrons. The summed E-state index contributed by atoms with van der Waals surface area (Å²) in [5.74, 6) is -0.429. The highest BCUT2D eigenvalue weighted by atomic mass is 32.2. The number of hydrogen-bond donors (Lipinski definition) is 1. The molecule has 1 aliphatic heterocycles. The van der Waals surface area contributed by atoms with Crippen LogP contribution in [0.25, 0.3) is 0 Å². The number of hydrogen-bond acceptors (Lipinski definition) is 5. The van der Waals surface area contributed by atoms with Gasteiger partial charge in [0.25, 0.3) is 5.91 Å². The van der Waals surface area contributed by atoms with Gasteiger partial charge in [-0.05, 0) is 41.8 Å². The second-order valence-corrected chi connectivity index (χ2v) is 11.6. The summed E-state index contributed by atoms with van der Waals surface area (Å²) in [6, 6.07) is 34.1. The van der Waals surface area contributed by atoms with E-state index in [1.54, 1.807) is 42.5 Å². The number of para-hydroxylation sites is 2. The Morgan fingerprint density at radius 3 is 2.07 bits per heavy atom. The van der Waals surface area contributed by atoms with Gasteiger partial charge in [0.15, 0.2) is 6.10 Å². The molecule has 0 aromatic heterocycles. The average molecular weight is 570 g/mol. The standard InChI is InChI=1S/C32H31N3O5S/c36-31(24-34(21-20-25-12-4-1-5-13-25)41(38,39)27-16-8-3-9-17-27)35-23-30(40-29-19-11-10-18-28(29)35)32(37)33-22-26-14-6-2-7-15-26/h1-19,30H,20-24H2,(H,33,37)/t30-/m0/s1. The highest BCUT2D eigenvalue weighted by molar-refractivity contribution is 7.89. The fourth-order valence-electron chi connectivity index (χ4n) is 4.67. The second kappa shape index (κ2) is 12.8. The molecule has 4 aromatic rings. The Hall–Kier alpha value is -4.47. The van der Waals surface area contributed by atoms with Crippen LogP contribution in [0.5, 0.6) is 5.75 Å². The first kappa shape index (κ1) is 28.1. The molecule has 4 aromatic carbocycles. The molecule has 1 atom stereocenters. The van der Waals surface area contributed by atoms with Gasteiger partial charge < -0.3 is 15.0 Å². The van der Waals surface area contributed by atoms with Crippen LogP contribution in [0.1, 0.15) is 11.1 Å². The van der Waals surface area contributed by atoms with Gasteiger partial charge in [-0.25, -0.2) is 8.42 Å². The average Bonchev–Trinajstić information content (AvgIpc) is 3.02. The monoisotopic (exact) mass is 569 g/mol. The first-order valence-corrected chi connectivity index (χ1v) is 14.8. The van der Waals surface area contributed by atoms with Crippen LogP contribution >= 0.6 is 0 Å². The first-order chi connectivity index (χ1) is 19.9. The minimum Gasteiger partial charge on any atom is -0.477 e. The number of nitrogens with one attached hydrogen (secondary N) is 1. The number of fused-ring (bicyclic) bond motifs is 1. The van der Waals surface area contributed by atoms with Crippen molar-refractivity contribution >= 4 is 27.5 Å². The summed E-state index contributed by atoms with van der Waals surface area (Å²) in [5.41, 5.74) is 2.38. The third kappa shape index (κ3) is 6.82. The van der Waals surface area contributed by atoms with Crippen LogP contribution in [0.4, 0.5) is 5.69 Å². The molecule has 8 nitrogen and oxygen atoms in total. The topological polar surface area (TPSA) is 96.0 Å². The van der Waals surface area contributed by atoms with Crippen LogP contribution in [-0.4, -0.2) is 50.3 Å². The predicted octanol–water partition coefficient (Wildman–Crippen LogP) is 4.03. The zero-order valence-corrected chi connectivity index (χ0v) is 23.2. The van der Waals surface area contributed by atoms with Gasteiger partial charge in [0.05, 0.1) is 23.7 Å². The van der Waals surface area contributed by atoms with E-state index in [2.05, 4.69) is 5.32 Å². The lowest BCUT2D eigenvalue weighted by atomic mass is 10.1. The summed E-state index contributed by atoms with van der Waals surface area (Å²) in [4.78, 5) is 28.5. The summed E-state index contributed by atoms with van der Waals surface area (Å²) in [6.07, 6.45) is -0.522. The summed E-state index contributed by atoms with van der Waals surface area (Å²) < 4.78 is 34.5. The number of anilines is 1. The van der Waals surface area contributed by atoms with E-state index in [0.717, 1.165) is 11.1 Å². The normalized spacial score (nSPS) is 14.7. The molecule has 0 unspecified atom stereocenters.